The van der Waals surface area contributed by atoms with Crippen molar-refractivity contribution >= 4 is 5.91 Å². The summed E-state index contributed by atoms with van der Waals surface area (Å²) in [5.41, 5.74) is 6.40. The van der Waals surface area contributed by atoms with Gasteiger partial charge in [-0.2, -0.15) is 0 Å². The molecule has 1 rings (SSSR count). The molecule has 0 aliphatic heterocycles. The molecule has 4 heteroatoms. The standard InChI is InChI=1S/C14H23N3O/c1-3-17(11-13-8-4-5-10-16-13)14(18)12(2)7-6-9-15/h4-5,8,10,12H,3,6-7,9,11,15H2,1-2H3. The third kappa shape index (κ3) is 4.45. The minimum atomic E-state index is 0.0391. The molecule has 1 unspecified atom stereocenters. The van der Waals surface area contributed by atoms with Gasteiger partial charge >= 0.3 is 0 Å². The van der Waals surface area contributed by atoms with Crippen molar-refractivity contribution in [2.24, 2.45) is 11.7 Å². The monoisotopic (exact) mass is 249 g/mol. The fourth-order valence-corrected chi connectivity index (χ4v) is 1.89. The summed E-state index contributed by atoms with van der Waals surface area (Å²) in [5.74, 6) is 0.230. The van der Waals surface area contributed by atoms with Gasteiger partial charge in [0.05, 0.1) is 12.2 Å². The lowest BCUT2D eigenvalue weighted by atomic mass is 10.0. The van der Waals surface area contributed by atoms with Gasteiger partial charge in [0.15, 0.2) is 0 Å². The molecule has 1 atom stereocenters. The maximum absolute atomic E-state index is 12.2. The number of aromatic nitrogens is 1. The molecular formula is C14H23N3O. The van der Waals surface area contributed by atoms with E-state index in [2.05, 4.69) is 4.98 Å². The molecule has 18 heavy (non-hydrogen) atoms. The Morgan fingerprint density at radius 2 is 2.28 bits per heavy atom. The molecule has 1 heterocycles. The first-order valence-corrected chi connectivity index (χ1v) is 6.57. The Morgan fingerprint density at radius 3 is 2.83 bits per heavy atom. The molecule has 1 aromatic rings. The zero-order valence-corrected chi connectivity index (χ0v) is 11.3. The van der Waals surface area contributed by atoms with Gasteiger partial charge in [-0.15, -0.1) is 0 Å². The van der Waals surface area contributed by atoms with E-state index in [0.29, 0.717) is 19.6 Å². The van der Waals surface area contributed by atoms with Gasteiger partial charge in [0.1, 0.15) is 0 Å². The molecule has 0 spiro atoms. The number of carbonyl (C=O) groups excluding carboxylic acids is 1. The molecule has 0 radical (unpaired) electrons. The number of nitrogens with two attached hydrogens (primary N) is 1. The van der Waals surface area contributed by atoms with Gasteiger partial charge in [-0.05, 0) is 38.4 Å². The maximum Gasteiger partial charge on any atom is 0.225 e. The Morgan fingerprint density at radius 1 is 1.50 bits per heavy atom. The van der Waals surface area contributed by atoms with Crippen LogP contribution in [0.2, 0.25) is 0 Å². The molecule has 0 saturated carbocycles. The van der Waals surface area contributed by atoms with Crippen LogP contribution in [-0.2, 0) is 11.3 Å². The molecular weight excluding hydrogens is 226 g/mol. The first-order valence-electron chi connectivity index (χ1n) is 6.57. The highest BCUT2D eigenvalue weighted by Gasteiger charge is 2.19. The van der Waals surface area contributed by atoms with Crippen molar-refractivity contribution < 1.29 is 4.79 Å². The van der Waals surface area contributed by atoms with Crippen LogP contribution in [0.25, 0.3) is 0 Å². The van der Waals surface area contributed by atoms with Crippen molar-refractivity contribution in [3.8, 4) is 0 Å². The molecule has 2 N–H and O–H groups in total. The number of rotatable bonds is 7. The zero-order valence-electron chi connectivity index (χ0n) is 11.3. The van der Waals surface area contributed by atoms with Gasteiger partial charge in [-0.25, -0.2) is 0 Å². The lowest BCUT2D eigenvalue weighted by Crippen LogP contribution is -2.35. The summed E-state index contributed by atoms with van der Waals surface area (Å²) in [6.07, 6.45) is 3.51. The minimum Gasteiger partial charge on any atom is -0.337 e. The quantitative estimate of drug-likeness (QED) is 0.801. The number of nitrogens with zero attached hydrogens (tertiary/aromatic N) is 2. The van der Waals surface area contributed by atoms with Crippen LogP contribution in [0.15, 0.2) is 24.4 Å². The molecule has 1 aromatic heterocycles. The van der Waals surface area contributed by atoms with Gasteiger partial charge < -0.3 is 10.6 Å². The van der Waals surface area contributed by atoms with E-state index in [1.807, 2.05) is 36.9 Å². The number of hydrogen-bond acceptors (Lipinski definition) is 3. The Balaban J connectivity index is 2.57. The van der Waals surface area contributed by atoms with Gasteiger partial charge in [0.2, 0.25) is 5.91 Å². The molecule has 0 aliphatic carbocycles. The summed E-state index contributed by atoms with van der Waals surface area (Å²) in [4.78, 5) is 18.3. The average molecular weight is 249 g/mol. The summed E-state index contributed by atoms with van der Waals surface area (Å²) >= 11 is 0. The molecule has 0 aromatic carbocycles. The van der Waals surface area contributed by atoms with Gasteiger partial charge in [-0.3, -0.25) is 9.78 Å². The van der Waals surface area contributed by atoms with Gasteiger partial charge in [-0.1, -0.05) is 13.0 Å². The first-order chi connectivity index (χ1) is 8.69. The largest absolute Gasteiger partial charge is 0.337 e. The third-order valence-corrected chi connectivity index (χ3v) is 3.04. The van der Waals surface area contributed by atoms with Crippen molar-refractivity contribution in [3.63, 3.8) is 0 Å². The van der Waals surface area contributed by atoms with E-state index in [0.717, 1.165) is 18.5 Å². The summed E-state index contributed by atoms with van der Waals surface area (Å²) in [5, 5.41) is 0. The van der Waals surface area contributed by atoms with Crippen LogP contribution < -0.4 is 5.73 Å². The SMILES string of the molecule is CCN(Cc1ccccn1)C(=O)C(C)CCCN. The number of hydrogen-bond donors (Lipinski definition) is 1. The van der Waals surface area contributed by atoms with E-state index in [-0.39, 0.29) is 11.8 Å². The molecule has 0 aliphatic rings. The van der Waals surface area contributed by atoms with E-state index >= 15 is 0 Å². The first kappa shape index (κ1) is 14.6. The highest BCUT2D eigenvalue weighted by molar-refractivity contribution is 5.78. The van der Waals surface area contributed by atoms with Crippen LogP contribution in [0.3, 0.4) is 0 Å². The Kier molecular flexibility index (Phi) is 6.36. The lowest BCUT2D eigenvalue weighted by molar-refractivity contribution is -0.135. The summed E-state index contributed by atoms with van der Waals surface area (Å²) < 4.78 is 0. The topological polar surface area (TPSA) is 59.2 Å². The minimum absolute atomic E-state index is 0.0391. The van der Waals surface area contributed by atoms with Gasteiger partial charge in [0.25, 0.3) is 0 Å². The highest BCUT2D eigenvalue weighted by atomic mass is 16.2. The van der Waals surface area contributed by atoms with Gasteiger partial charge in [0, 0.05) is 18.7 Å². The smallest absolute Gasteiger partial charge is 0.225 e. The molecule has 1 amide bonds. The highest BCUT2D eigenvalue weighted by Crippen LogP contribution is 2.11. The fourth-order valence-electron chi connectivity index (χ4n) is 1.89. The summed E-state index contributed by atoms with van der Waals surface area (Å²) in [7, 11) is 0. The van der Waals surface area contributed by atoms with Crippen LogP contribution >= 0.6 is 0 Å². The fraction of sp³-hybridized carbons (Fsp3) is 0.571. The maximum atomic E-state index is 12.2. The van der Waals surface area contributed by atoms with Crippen LogP contribution in [0.1, 0.15) is 32.4 Å². The van der Waals surface area contributed by atoms with Crippen LogP contribution in [0, 0.1) is 5.92 Å². The second kappa shape index (κ2) is 7.82. The predicted octanol–water partition coefficient (Wildman–Crippen LogP) is 1.81. The number of pyridine rings is 1. The Hall–Kier alpha value is -1.42. The Labute approximate surface area is 109 Å². The van der Waals surface area contributed by atoms with Crippen LogP contribution in [0.5, 0.6) is 0 Å². The van der Waals surface area contributed by atoms with E-state index in [1.165, 1.54) is 0 Å². The lowest BCUT2D eigenvalue weighted by Gasteiger charge is -2.24. The molecule has 4 nitrogen and oxygen atoms in total. The van der Waals surface area contributed by atoms with E-state index < -0.39 is 0 Å². The van der Waals surface area contributed by atoms with E-state index in [1.54, 1.807) is 6.20 Å². The summed E-state index contributed by atoms with van der Waals surface area (Å²) in [6.45, 7) is 5.91. The predicted molar refractivity (Wildman–Crippen MR) is 72.8 cm³/mol. The summed E-state index contributed by atoms with van der Waals surface area (Å²) in [6, 6.07) is 5.77. The normalized spacial score (nSPS) is 12.2. The second-order valence-electron chi connectivity index (χ2n) is 4.51. The Bertz CT molecular complexity index is 353. The molecule has 100 valence electrons. The van der Waals surface area contributed by atoms with Crippen molar-refractivity contribution in [1.82, 2.24) is 9.88 Å². The second-order valence-corrected chi connectivity index (χ2v) is 4.51. The van der Waals surface area contributed by atoms with Crippen molar-refractivity contribution in [2.75, 3.05) is 13.1 Å². The number of carbonyl (C=O) groups is 1. The molecule has 0 bridgehead atoms. The average Bonchev–Trinajstić information content (AvgIpc) is 2.42. The van der Waals surface area contributed by atoms with Crippen LogP contribution in [0.4, 0.5) is 0 Å². The van der Waals surface area contributed by atoms with E-state index in [4.69, 9.17) is 5.73 Å². The molecule has 0 saturated heterocycles. The van der Waals surface area contributed by atoms with Crippen molar-refractivity contribution in [3.05, 3.63) is 30.1 Å². The van der Waals surface area contributed by atoms with Crippen LogP contribution in [-0.4, -0.2) is 28.9 Å². The van der Waals surface area contributed by atoms with E-state index in [9.17, 15) is 4.79 Å². The zero-order chi connectivity index (χ0) is 13.4. The number of amides is 1. The van der Waals surface area contributed by atoms with Crippen molar-refractivity contribution in [1.29, 1.82) is 0 Å². The van der Waals surface area contributed by atoms with Crippen molar-refractivity contribution in [2.45, 2.75) is 33.2 Å². The molecule has 0 fully saturated rings. The third-order valence-electron chi connectivity index (χ3n) is 3.04.